The molecule has 312 valence electrons. The highest BCUT2D eigenvalue weighted by molar-refractivity contribution is 5.65. The Morgan fingerprint density at radius 3 is 0.769 bits per heavy atom. The van der Waals surface area contributed by atoms with Gasteiger partial charge in [-0.2, -0.15) is 127 Å². The van der Waals surface area contributed by atoms with Crippen molar-refractivity contribution >= 4 is 5.97 Å². The van der Waals surface area contributed by atoms with E-state index in [-0.39, 0.29) is 0 Å². The fraction of sp³-hybridized carbons (Fsp3) is 0.950. The molecule has 0 bridgehead atoms. The van der Waals surface area contributed by atoms with Crippen molar-refractivity contribution in [2.45, 2.75) is 89.6 Å². The van der Waals surface area contributed by atoms with Crippen LogP contribution in [0.3, 0.4) is 0 Å². The third kappa shape index (κ3) is 6.39. The summed E-state index contributed by atoms with van der Waals surface area (Å²) in [5, 5.41) is 10.5. The maximum Gasteiger partial charge on any atom is 0.460 e. The van der Waals surface area contributed by atoms with Crippen molar-refractivity contribution in [3.8, 4) is 0 Å². The van der Waals surface area contributed by atoms with Crippen LogP contribution in [0.2, 0.25) is 0 Å². The minimum Gasteiger partial charge on any atom is -0.544 e. The molecule has 0 saturated carbocycles. The monoisotopic (exact) mass is 849 g/mol. The number of alkyl halides is 29. The van der Waals surface area contributed by atoms with Crippen molar-refractivity contribution in [1.82, 2.24) is 0 Å². The lowest BCUT2D eigenvalue weighted by molar-refractivity contribution is -0.886. The van der Waals surface area contributed by atoms with Crippen LogP contribution in [0.1, 0.15) is 6.42 Å². The Bertz CT molecular complexity index is 1310. The van der Waals surface area contributed by atoms with Crippen molar-refractivity contribution in [3.63, 3.8) is 0 Å². The summed E-state index contributed by atoms with van der Waals surface area (Å²) in [5.74, 6) is -123. The van der Waals surface area contributed by atoms with Crippen molar-refractivity contribution in [2.24, 2.45) is 0 Å². The zero-order chi connectivity index (χ0) is 43.2. The molecule has 0 aromatic carbocycles. The smallest absolute Gasteiger partial charge is 0.460 e. The summed E-state index contributed by atoms with van der Waals surface area (Å²) in [6.45, 7) is -3.49. The van der Waals surface area contributed by atoms with Gasteiger partial charge in [-0.3, -0.25) is 0 Å². The van der Waals surface area contributed by atoms with Gasteiger partial charge in [0.25, 0.3) is 0 Å². The molecule has 0 aromatic heterocycles. The zero-order valence-electron chi connectivity index (χ0n) is 23.8. The molecule has 32 heteroatoms. The molecule has 0 saturated heterocycles. The number of nitrogens with zero attached hydrogens (tertiary/aromatic N) is 1. The molecule has 0 spiro atoms. The number of quaternary nitrogens is 1. The second-order valence-corrected chi connectivity index (χ2v) is 11.0. The van der Waals surface area contributed by atoms with Crippen LogP contribution in [-0.2, 0) is 4.79 Å². The third-order valence-electron chi connectivity index (χ3n) is 6.74. The number of halogens is 29. The number of hydrogen-bond donors (Lipinski definition) is 0. The Kier molecular flexibility index (Phi) is 11.8. The number of carboxylic acids is 1. The van der Waals surface area contributed by atoms with Gasteiger partial charge in [0.15, 0.2) is 0 Å². The number of carbonyl (C=O) groups excluding carboxylic acids is 1. The number of aliphatic carboxylic acids is 1. The van der Waals surface area contributed by atoms with Gasteiger partial charge in [-0.25, -0.2) is 0 Å². The van der Waals surface area contributed by atoms with Crippen LogP contribution in [-0.4, -0.2) is 121 Å². The van der Waals surface area contributed by atoms with Gasteiger partial charge >= 0.3 is 83.2 Å². The van der Waals surface area contributed by atoms with Crippen LogP contribution in [0.25, 0.3) is 0 Å². The minimum absolute atomic E-state index is 0.436. The average molecular weight is 849 g/mol. The first-order chi connectivity index (χ1) is 21.9. The summed E-state index contributed by atoms with van der Waals surface area (Å²) in [7, 11) is 0.873. The van der Waals surface area contributed by atoms with E-state index in [1.807, 2.05) is 0 Å². The zero-order valence-corrected chi connectivity index (χ0v) is 23.8. The lowest BCUT2D eigenvalue weighted by Gasteiger charge is -2.46. The molecule has 52 heavy (non-hydrogen) atoms. The number of rotatable bonds is 17. The van der Waals surface area contributed by atoms with Crippen molar-refractivity contribution in [2.75, 3.05) is 27.2 Å². The van der Waals surface area contributed by atoms with Gasteiger partial charge in [0.1, 0.15) is 6.54 Å². The normalized spacial score (nSPS) is 16.8. The fourth-order valence-electron chi connectivity index (χ4n) is 3.41. The SMILES string of the molecule is C[N+](C)(CCC(F)(F)C(F)(F)C(F)(F)C(F)(F)C(F)(F)C(F)(F)C(F)(F)C(F)(F)C(F)(F)C(F)(F)C(F)(F)C(F)(F)C(F)(F)C(F)(F)F)CC(=O)[O-]. The molecule has 0 aliphatic rings. The highest BCUT2D eigenvalue weighted by Crippen LogP contribution is 2.69. The second-order valence-electron chi connectivity index (χ2n) is 11.0. The van der Waals surface area contributed by atoms with Crippen molar-refractivity contribution in [1.29, 1.82) is 0 Å². The summed E-state index contributed by atoms with van der Waals surface area (Å²) in [4.78, 5) is 10.5. The van der Waals surface area contributed by atoms with Gasteiger partial charge in [0, 0.05) is 0 Å². The molecular formula is C20H12F29NO2. The standard InChI is InChI=1S/C20H12F29NO2/c1-50(2,5-6(51)52)4-3-7(21,22)8(23,24)9(25,26)10(27,28)11(29,30)12(31,32)13(33,34)14(35,36)15(37,38)16(39,40)17(41,42)18(43,44)19(45,46)20(47,48)49/h3-5H2,1-2H3. The van der Waals surface area contributed by atoms with Gasteiger partial charge in [-0.15, -0.1) is 0 Å². The van der Waals surface area contributed by atoms with E-state index in [1.54, 1.807) is 0 Å². The lowest BCUT2D eigenvalue weighted by Crippen LogP contribution is -2.79. The number of hydrogen-bond acceptors (Lipinski definition) is 2. The molecule has 0 heterocycles. The summed E-state index contributed by atoms with van der Waals surface area (Å²) in [6.07, 6.45) is -11.4. The molecule has 0 aromatic rings. The maximum absolute atomic E-state index is 14.0. The van der Waals surface area contributed by atoms with Crippen LogP contribution in [0.5, 0.6) is 0 Å². The summed E-state index contributed by atoms with van der Waals surface area (Å²) in [5.41, 5.74) is 0. The molecule has 0 aliphatic heterocycles. The first-order valence-electron chi connectivity index (χ1n) is 11.9. The Balaban J connectivity index is 7.41. The molecule has 0 unspecified atom stereocenters. The average Bonchev–Trinajstić information content (AvgIpc) is 2.89. The van der Waals surface area contributed by atoms with Crippen LogP contribution in [0.4, 0.5) is 127 Å². The van der Waals surface area contributed by atoms with Crippen LogP contribution < -0.4 is 5.11 Å². The molecule has 0 rings (SSSR count). The van der Waals surface area contributed by atoms with Gasteiger partial charge in [0.05, 0.1) is 33.0 Å². The fourth-order valence-corrected chi connectivity index (χ4v) is 3.41. The highest BCUT2D eigenvalue weighted by atomic mass is 19.4. The molecule has 0 fully saturated rings. The number of carboxylic acid groups (broad SMARTS) is 1. The summed E-state index contributed by atoms with van der Waals surface area (Å²) >= 11 is 0. The summed E-state index contributed by atoms with van der Waals surface area (Å²) < 4.78 is 391. The van der Waals surface area contributed by atoms with Crippen molar-refractivity contribution in [3.05, 3.63) is 0 Å². The highest BCUT2D eigenvalue weighted by Gasteiger charge is 3.00. The van der Waals surface area contributed by atoms with E-state index in [4.69, 9.17) is 0 Å². The van der Waals surface area contributed by atoms with Gasteiger partial charge in [-0.05, 0) is 0 Å². The number of carbonyl (C=O) groups is 1. The molecular weight excluding hydrogens is 837 g/mol. The van der Waals surface area contributed by atoms with Gasteiger partial charge in [-0.1, -0.05) is 0 Å². The van der Waals surface area contributed by atoms with Crippen LogP contribution in [0, 0.1) is 0 Å². The van der Waals surface area contributed by atoms with Crippen LogP contribution >= 0.6 is 0 Å². The van der Waals surface area contributed by atoms with Gasteiger partial charge in [0.2, 0.25) is 0 Å². The maximum atomic E-state index is 14.0. The first kappa shape index (κ1) is 49.4. The minimum atomic E-state index is -9.97. The summed E-state index contributed by atoms with van der Waals surface area (Å²) in [6, 6.07) is 0. The van der Waals surface area contributed by atoms with E-state index in [2.05, 4.69) is 0 Å². The predicted molar refractivity (Wildman–Crippen MR) is 102 cm³/mol. The molecule has 0 aliphatic carbocycles. The van der Waals surface area contributed by atoms with E-state index in [0.29, 0.717) is 14.1 Å². The molecule has 0 N–H and O–H groups in total. The van der Waals surface area contributed by atoms with E-state index in [0.717, 1.165) is 0 Å². The molecule has 0 amide bonds. The quantitative estimate of drug-likeness (QED) is 0.110. The van der Waals surface area contributed by atoms with Gasteiger partial charge < -0.3 is 14.4 Å². The Morgan fingerprint density at radius 2 is 0.577 bits per heavy atom. The topological polar surface area (TPSA) is 40.1 Å². The Morgan fingerprint density at radius 1 is 0.385 bits per heavy atom. The van der Waals surface area contributed by atoms with Crippen LogP contribution in [0.15, 0.2) is 0 Å². The van der Waals surface area contributed by atoms with E-state index in [1.165, 1.54) is 0 Å². The molecule has 3 nitrogen and oxygen atoms in total. The Hall–Kier alpha value is -2.60. The van der Waals surface area contributed by atoms with Crippen molar-refractivity contribution < 1.29 is 142 Å². The second kappa shape index (κ2) is 12.5. The molecule has 0 radical (unpaired) electrons. The van der Waals surface area contributed by atoms with E-state index >= 15 is 0 Å². The Labute approximate surface area is 265 Å². The molecule has 0 atom stereocenters. The number of likely N-dealkylation sites (N-methyl/N-ethyl adjacent to an activating group) is 1. The predicted octanol–water partition coefficient (Wildman–Crippen LogP) is 8.02. The third-order valence-corrected chi connectivity index (χ3v) is 6.74. The van der Waals surface area contributed by atoms with E-state index in [9.17, 15) is 137 Å². The largest absolute Gasteiger partial charge is 0.544 e. The van der Waals surface area contributed by atoms with E-state index < -0.39 is 113 Å². The lowest BCUT2D eigenvalue weighted by atomic mass is 9.83. The first-order valence-corrected chi connectivity index (χ1v) is 11.9.